The van der Waals surface area contributed by atoms with Gasteiger partial charge in [0.15, 0.2) is 0 Å². The van der Waals surface area contributed by atoms with Gasteiger partial charge in [-0.25, -0.2) is 0 Å². The van der Waals surface area contributed by atoms with Crippen molar-refractivity contribution in [1.29, 1.82) is 0 Å². The molecule has 0 N–H and O–H groups in total. The van der Waals surface area contributed by atoms with Gasteiger partial charge in [0.05, 0.1) is 11.2 Å². The van der Waals surface area contributed by atoms with Gasteiger partial charge in [0.2, 0.25) is 0 Å². The van der Waals surface area contributed by atoms with E-state index in [-0.39, 0.29) is 18.3 Å². The van der Waals surface area contributed by atoms with Crippen LogP contribution in [0.1, 0.15) is 57.8 Å². The van der Waals surface area contributed by atoms with E-state index in [0.29, 0.717) is 5.92 Å². The topological polar surface area (TPSA) is 31.4 Å². The molecule has 1 aromatic rings. The number of rotatable bonds is 2. The van der Waals surface area contributed by atoms with Gasteiger partial charge < -0.3 is 9.31 Å². The van der Waals surface area contributed by atoms with Crippen LogP contribution in [0.25, 0.3) is 0 Å². The molecular weight excluding hydrogens is 237 g/mol. The van der Waals surface area contributed by atoms with Crippen molar-refractivity contribution in [2.24, 2.45) is 0 Å². The number of hydrogen-bond acceptors (Lipinski definition) is 3. The average molecular weight is 259 g/mol. The Morgan fingerprint density at radius 2 is 1.68 bits per heavy atom. The summed E-state index contributed by atoms with van der Waals surface area (Å²) in [6, 6.07) is 4.25. The number of pyridine rings is 1. The summed E-state index contributed by atoms with van der Waals surface area (Å²) in [4.78, 5) is 4.72. The molecule has 19 heavy (non-hydrogen) atoms. The van der Waals surface area contributed by atoms with Crippen LogP contribution in [0.3, 0.4) is 0 Å². The van der Waals surface area contributed by atoms with Gasteiger partial charge in [-0.3, -0.25) is 4.98 Å². The van der Waals surface area contributed by atoms with Crippen molar-refractivity contribution in [3.8, 4) is 0 Å². The van der Waals surface area contributed by atoms with Gasteiger partial charge in [0.25, 0.3) is 0 Å². The van der Waals surface area contributed by atoms with Crippen molar-refractivity contribution in [2.45, 2.75) is 64.6 Å². The van der Waals surface area contributed by atoms with Crippen LogP contribution in [0, 0.1) is 6.92 Å². The molecule has 1 aliphatic carbocycles. The highest BCUT2D eigenvalue weighted by atomic mass is 16.7. The molecule has 0 amide bonds. The second-order valence-corrected chi connectivity index (χ2v) is 6.77. The molecular formula is C15H22BNO2. The lowest BCUT2D eigenvalue weighted by Crippen LogP contribution is -2.41. The Morgan fingerprint density at radius 1 is 1.11 bits per heavy atom. The number of aryl methyl sites for hydroxylation is 1. The Kier molecular flexibility index (Phi) is 2.81. The maximum Gasteiger partial charge on any atom is 0.496 e. The third-order valence-corrected chi connectivity index (χ3v) is 4.65. The summed E-state index contributed by atoms with van der Waals surface area (Å²) in [5, 5.41) is 0. The maximum absolute atomic E-state index is 6.08. The number of nitrogens with zero attached hydrogens (tertiary/aromatic N) is 1. The first-order valence-corrected chi connectivity index (χ1v) is 7.13. The molecule has 0 atom stereocenters. The zero-order valence-corrected chi connectivity index (χ0v) is 12.5. The first kappa shape index (κ1) is 13.1. The predicted octanol–water partition coefficient (Wildman–Crippen LogP) is 2.57. The second-order valence-electron chi connectivity index (χ2n) is 6.77. The third-order valence-electron chi connectivity index (χ3n) is 4.65. The van der Waals surface area contributed by atoms with Gasteiger partial charge in [0, 0.05) is 22.8 Å². The summed E-state index contributed by atoms with van der Waals surface area (Å²) in [5.74, 6) is 0.686. The SMILES string of the molecule is Cc1nc(C2CC2)ccc1B1OC(C)(C)C(C)(C)O1. The van der Waals surface area contributed by atoms with Crippen molar-refractivity contribution < 1.29 is 9.31 Å². The quantitative estimate of drug-likeness (QED) is 0.765. The molecule has 0 radical (unpaired) electrons. The van der Waals surface area contributed by atoms with Crippen molar-refractivity contribution in [3.63, 3.8) is 0 Å². The first-order chi connectivity index (χ1) is 8.80. The second kappa shape index (κ2) is 4.06. The van der Waals surface area contributed by atoms with Gasteiger partial charge in [-0.2, -0.15) is 0 Å². The summed E-state index contributed by atoms with van der Waals surface area (Å²) in [7, 11) is -0.300. The Bertz CT molecular complexity index is 493. The highest BCUT2D eigenvalue weighted by Crippen LogP contribution is 2.39. The molecule has 0 spiro atoms. The molecule has 1 saturated heterocycles. The van der Waals surface area contributed by atoms with Gasteiger partial charge in [-0.15, -0.1) is 0 Å². The molecule has 0 unspecified atom stereocenters. The zero-order chi connectivity index (χ0) is 13.8. The predicted molar refractivity (Wildman–Crippen MR) is 76.7 cm³/mol. The lowest BCUT2D eigenvalue weighted by atomic mass is 9.78. The van der Waals surface area contributed by atoms with Crippen LogP contribution in [0.5, 0.6) is 0 Å². The number of aromatic nitrogens is 1. The van der Waals surface area contributed by atoms with Crippen molar-refractivity contribution in [3.05, 3.63) is 23.5 Å². The minimum absolute atomic E-state index is 0.292. The van der Waals surface area contributed by atoms with Crippen LogP contribution in [0.4, 0.5) is 0 Å². The standard InChI is InChI=1S/C15H22BNO2/c1-10-12(8-9-13(17-10)11-6-7-11)16-18-14(2,3)15(4,5)19-16/h8-9,11H,6-7H2,1-5H3. The monoisotopic (exact) mass is 259 g/mol. The van der Waals surface area contributed by atoms with E-state index in [4.69, 9.17) is 14.3 Å². The molecule has 2 fully saturated rings. The molecule has 0 aromatic carbocycles. The molecule has 2 aliphatic rings. The van der Waals surface area contributed by atoms with Crippen molar-refractivity contribution in [2.75, 3.05) is 0 Å². The molecule has 1 aliphatic heterocycles. The van der Waals surface area contributed by atoms with E-state index >= 15 is 0 Å². The van der Waals surface area contributed by atoms with Crippen LogP contribution in [-0.2, 0) is 9.31 Å². The Hall–Kier alpha value is -0.865. The third kappa shape index (κ3) is 2.21. The first-order valence-electron chi connectivity index (χ1n) is 7.13. The summed E-state index contributed by atoms with van der Waals surface area (Å²) in [5.41, 5.74) is 2.72. The van der Waals surface area contributed by atoms with Crippen LogP contribution in [0.2, 0.25) is 0 Å². The van der Waals surface area contributed by atoms with E-state index in [1.807, 2.05) is 6.92 Å². The van der Waals surface area contributed by atoms with Gasteiger partial charge >= 0.3 is 7.12 Å². The summed E-state index contributed by atoms with van der Waals surface area (Å²) < 4.78 is 12.2. The minimum Gasteiger partial charge on any atom is -0.399 e. The lowest BCUT2D eigenvalue weighted by Gasteiger charge is -2.32. The molecule has 1 aromatic heterocycles. The maximum atomic E-state index is 6.08. The minimum atomic E-state index is -0.300. The van der Waals surface area contributed by atoms with Crippen LogP contribution >= 0.6 is 0 Å². The summed E-state index contributed by atoms with van der Waals surface area (Å²) >= 11 is 0. The van der Waals surface area contributed by atoms with Gasteiger partial charge in [-0.05, 0) is 53.5 Å². The van der Waals surface area contributed by atoms with Gasteiger partial charge in [-0.1, -0.05) is 6.07 Å². The number of hydrogen-bond donors (Lipinski definition) is 0. The molecule has 3 rings (SSSR count). The highest BCUT2D eigenvalue weighted by Gasteiger charge is 2.52. The molecule has 1 saturated carbocycles. The van der Waals surface area contributed by atoms with E-state index in [9.17, 15) is 0 Å². The molecule has 3 nitrogen and oxygen atoms in total. The fourth-order valence-corrected chi connectivity index (χ4v) is 2.42. The Labute approximate surface area is 115 Å². The van der Waals surface area contributed by atoms with E-state index in [1.165, 1.54) is 18.5 Å². The van der Waals surface area contributed by atoms with E-state index in [2.05, 4.69) is 39.8 Å². The van der Waals surface area contributed by atoms with Crippen LogP contribution < -0.4 is 5.46 Å². The van der Waals surface area contributed by atoms with E-state index < -0.39 is 0 Å². The Balaban J connectivity index is 1.87. The lowest BCUT2D eigenvalue weighted by molar-refractivity contribution is 0.00578. The van der Waals surface area contributed by atoms with E-state index in [0.717, 1.165) is 11.2 Å². The smallest absolute Gasteiger partial charge is 0.399 e. The zero-order valence-electron chi connectivity index (χ0n) is 12.5. The normalized spacial score (nSPS) is 24.8. The van der Waals surface area contributed by atoms with Crippen molar-refractivity contribution in [1.82, 2.24) is 4.98 Å². The fraction of sp³-hybridized carbons (Fsp3) is 0.667. The van der Waals surface area contributed by atoms with E-state index in [1.54, 1.807) is 0 Å². The largest absolute Gasteiger partial charge is 0.496 e. The molecule has 2 heterocycles. The van der Waals surface area contributed by atoms with Gasteiger partial charge in [0.1, 0.15) is 0 Å². The highest BCUT2D eigenvalue weighted by molar-refractivity contribution is 6.62. The summed E-state index contributed by atoms with van der Waals surface area (Å²) in [6.45, 7) is 10.4. The molecule has 4 heteroatoms. The Morgan fingerprint density at radius 3 is 2.16 bits per heavy atom. The van der Waals surface area contributed by atoms with Crippen LogP contribution in [-0.4, -0.2) is 23.3 Å². The fourth-order valence-electron chi connectivity index (χ4n) is 2.42. The average Bonchev–Trinajstić information content (AvgIpc) is 3.07. The molecule has 0 bridgehead atoms. The van der Waals surface area contributed by atoms with Crippen molar-refractivity contribution >= 4 is 12.6 Å². The molecule has 102 valence electrons. The summed E-state index contributed by atoms with van der Waals surface area (Å²) in [6.07, 6.45) is 2.56. The van der Waals surface area contributed by atoms with Crippen LogP contribution in [0.15, 0.2) is 12.1 Å².